The fraction of sp³-hybridized carbons (Fsp3) is 0.176. The number of amides is 1. The van der Waals surface area contributed by atoms with Gasteiger partial charge in [0.25, 0.3) is 5.91 Å². The predicted molar refractivity (Wildman–Crippen MR) is 82.2 cm³/mol. The molecule has 1 aliphatic rings. The van der Waals surface area contributed by atoms with E-state index in [1.54, 1.807) is 17.9 Å². The SMILES string of the molecule is C[C@]1(C#N)CNc2ccccc2C(=O)N1c1ccccc1. The zero-order chi connectivity index (χ0) is 14.9. The maximum atomic E-state index is 12.9. The van der Waals surface area contributed by atoms with Crippen LogP contribution < -0.4 is 10.2 Å². The smallest absolute Gasteiger partial charge is 0.261 e. The van der Waals surface area contributed by atoms with Crippen LogP contribution in [0.15, 0.2) is 54.6 Å². The van der Waals surface area contributed by atoms with Gasteiger partial charge in [0, 0.05) is 11.4 Å². The summed E-state index contributed by atoms with van der Waals surface area (Å²) in [6.07, 6.45) is 0. The van der Waals surface area contributed by atoms with Crippen molar-refractivity contribution in [1.29, 1.82) is 5.26 Å². The lowest BCUT2D eigenvalue weighted by Gasteiger charge is -2.34. The van der Waals surface area contributed by atoms with Crippen molar-refractivity contribution >= 4 is 17.3 Å². The Morgan fingerprint density at radius 2 is 1.81 bits per heavy atom. The van der Waals surface area contributed by atoms with Gasteiger partial charge in [-0.15, -0.1) is 0 Å². The number of nitrogens with one attached hydrogen (secondary N) is 1. The molecule has 1 heterocycles. The Morgan fingerprint density at radius 3 is 2.52 bits per heavy atom. The summed E-state index contributed by atoms with van der Waals surface area (Å²) in [6, 6.07) is 18.9. The van der Waals surface area contributed by atoms with Gasteiger partial charge < -0.3 is 5.32 Å². The van der Waals surface area contributed by atoms with Gasteiger partial charge in [0.15, 0.2) is 0 Å². The topological polar surface area (TPSA) is 56.1 Å². The number of para-hydroxylation sites is 2. The Balaban J connectivity index is 2.18. The lowest BCUT2D eigenvalue weighted by molar-refractivity contribution is 0.0974. The van der Waals surface area contributed by atoms with E-state index in [1.807, 2.05) is 48.5 Å². The van der Waals surface area contributed by atoms with Gasteiger partial charge in [0.1, 0.15) is 5.54 Å². The normalized spacial score (nSPS) is 21.0. The van der Waals surface area contributed by atoms with Crippen LogP contribution in [0.2, 0.25) is 0 Å². The van der Waals surface area contributed by atoms with E-state index in [4.69, 9.17) is 0 Å². The van der Waals surface area contributed by atoms with E-state index in [0.29, 0.717) is 12.1 Å². The molecule has 0 aromatic heterocycles. The number of anilines is 2. The second-order valence-corrected chi connectivity index (χ2v) is 5.26. The molecule has 1 amide bonds. The molecule has 2 aromatic rings. The maximum Gasteiger partial charge on any atom is 0.261 e. The van der Waals surface area contributed by atoms with Crippen molar-refractivity contribution in [2.75, 3.05) is 16.8 Å². The summed E-state index contributed by atoms with van der Waals surface area (Å²) in [7, 11) is 0. The largest absolute Gasteiger partial charge is 0.381 e. The number of rotatable bonds is 1. The number of benzene rings is 2. The summed E-state index contributed by atoms with van der Waals surface area (Å²) in [5.74, 6) is -0.161. The summed E-state index contributed by atoms with van der Waals surface area (Å²) >= 11 is 0. The zero-order valence-electron chi connectivity index (χ0n) is 11.7. The molecule has 0 fully saturated rings. The second-order valence-electron chi connectivity index (χ2n) is 5.26. The quantitative estimate of drug-likeness (QED) is 0.871. The van der Waals surface area contributed by atoms with Gasteiger partial charge >= 0.3 is 0 Å². The van der Waals surface area contributed by atoms with Crippen LogP contribution in [0.5, 0.6) is 0 Å². The first-order chi connectivity index (χ1) is 10.2. The number of hydrogen-bond donors (Lipinski definition) is 1. The number of hydrogen-bond acceptors (Lipinski definition) is 3. The average Bonchev–Trinajstić information content (AvgIpc) is 2.64. The third-order valence-electron chi connectivity index (χ3n) is 3.73. The molecule has 21 heavy (non-hydrogen) atoms. The van der Waals surface area contributed by atoms with Gasteiger partial charge in [0.2, 0.25) is 0 Å². The Hall–Kier alpha value is -2.80. The Labute approximate surface area is 123 Å². The maximum absolute atomic E-state index is 12.9. The van der Waals surface area contributed by atoms with E-state index in [9.17, 15) is 10.1 Å². The van der Waals surface area contributed by atoms with Crippen LogP contribution in [0.4, 0.5) is 11.4 Å². The van der Waals surface area contributed by atoms with E-state index < -0.39 is 5.54 Å². The highest BCUT2D eigenvalue weighted by molar-refractivity contribution is 6.11. The molecular formula is C17H15N3O. The third-order valence-corrected chi connectivity index (χ3v) is 3.73. The fourth-order valence-corrected chi connectivity index (χ4v) is 2.58. The summed E-state index contributed by atoms with van der Waals surface area (Å²) < 4.78 is 0. The average molecular weight is 277 g/mol. The molecular weight excluding hydrogens is 262 g/mol. The van der Waals surface area contributed by atoms with E-state index in [1.165, 1.54) is 0 Å². The molecule has 4 heteroatoms. The first-order valence-corrected chi connectivity index (χ1v) is 6.79. The number of fused-ring (bicyclic) bond motifs is 1. The first-order valence-electron chi connectivity index (χ1n) is 6.79. The van der Waals surface area contributed by atoms with E-state index >= 15 is 0 Å². The third kappa shape index (κ3) is 2.13. The highest BCUT2D eigenvalue weighted by atomic mass is 16.2. The van der Waals surface area contributed by atoms with Crippen LogP contribution >= 0.6 is 0 Å². The van der Waals surface area contributed by atoms with Crippen LogP contribution in [0.3, 0.4) is 0 Å². The Kier molecular flexibility index (Phi) is 3.11. The van der Waals surface area contributed by atoms with E-state index in [-0.39, 0.29) is 5.91 Å². The van der Waals surface area contributed by atoms with Gasteiger partial charge in [0.05, 0.1) is 18.2 Å². The number of nitriles is 1. The van der Waals surface area contributed by atoms with Crippen molar-refractivity contribution in [1.82, 2.24) is 0 Å². The van der Waals surface area contributed by atoms with Crippen molar-refractivity contribution < 1.29 is 4.79 Å². The van der Waals surface area contributed by atoms with E-state index in [0.717, 1.165) is 11.4 Å². The highest BCUT2D eigenvalue weighted by Crippen LogP contribution is 2.31. The van der Waals surface area contributed by atoms with Crippen LogP contribution in [0.25, 0.3) is 0 Å². The molecule has 104 valence electrons. The second kappa shape index (κ2) is 4.95. The highest BCUT2D eigenvalue weighted by Gasteiger charge is 2.40. The van der Waals surface area contributed by atoms with Crippen molar-refractivity contribution in [3.05, 3.63) is 60.2 Å². The molecule has 0 radical (unpaired) electrons. The predicted octanol–water partition coefficient (Wildman–Crippen LogP) is 3.04. The minimum absolute atomic E-state index is 0.161. The van der Waals surface area contributed by atoms with Gasteiger partial charge in [-0.2, -0.15) is 5.26 Å². The van der Waals surface area contributed by atoms with Gasteiger partial charge in [-0.05, 0) is 31.2 Å². The molecule has 1 aliphatic heterocycles. The standard InChI is InChI=1S/C17H15N3O/c1-17(11-18)12-19-15-10-6-5-9-14(15)16(21)20(17)13-7-3-2-4-8-13/h2-10,19H,12H2,1H3/t17-/m0/s1. The summed E-state index contributed by atoms with van der Waals surface area (Å²) in [4.78, 5) is 14.5. The lowest BCUT2D eigenvalue weighted by Crippen LogP contribution is -2.51. The molecule has 1 N–H and O–H groups in total. The Bertz CT molecular complexity index is 720. The van der Waals surface area contributed by atoms with Crippen molar-refractivity contribution in [3.63, 3.8) is 0 Å². The molecule has 0 saturated heterocycles. The molecule has 1 atom stereocenters. The minimum Gasteiger partial charge on any atom is -0.381 e. The molecule has 3 rings (SSSR count). The Morgan fingerprint density at radius 1 is 1.14 bits per heavy atom. The molecule has 4 nitrogen and oxygen atoms in total. The summed E-state index contributed by atoms with van der Waals surface area (Å²) in [5.41, 5.74) is 1.13. The summed E-state index contributed by atoms with van der Waals surface area (Å²) in [6.45, 7) is 2.15. The van der Waals surface area contributed by atoms with Crippen LogP contribution in [0, 0.1) is 11.3 Å². The fourth-order valence-electron chi connectivity index (χ4n) is 2.58. The number of nitrogens with zero attached hydrogens (tertiary/aromatic N) is 2. The lowest BCUT2D eigenvalue weighted by atomic mass is 10.0. The molecule has 0 aliphatic carbocycles. The summed E-state index contributed by atoms with van der Waals surface area (Å²) in [5, 5.41) is 12.8. The van der Waals surface area contributed by atoms with Crippen LogP contribution in [-0.2, 0) is 0 Å². The zero-order valence-corrected chi connectivity index (χ0v) is 11.7. The van der Waals surface area contributed by atoms with Crippen LogP contribution in [0.1, 0.15) is 17.3 Å². The number of carbonyl (C=O) groups is 1. The first kappa shape index (κ1) is 13.2. The van der Waals surface area contributed by atoms with Crippen molar-refractivity contribution in [2.24, 2.45) is 0 Å². The van der Waals surface area contributed by atoms with Crippen LogP contribution in [-0.4, -0.2) is 18.0 Å². The monoisotopic (exact) mass is 277 g/mol. The molecule has 0 bridgehead atoms. The van der Waals surface area contributed by atoms with E-state index in [2.05, 4.69) is 11.4 Å². The molecule has 0 spiro atoms. The minimum atomic E-state index is -0.947. The van der Waals surface area contributed by atoms with Crippen molar-refractivity contribution in [3.8, 4) is 6.07 Å². The molecule has 0 saturated carbocycles. The van der Waals surface area contributed by atoms with Gasteiger partial charge in [-0.1, -0.05) is 30.3 Å². The molecule has 0 unspecified atom stereocenters. The van der Waals surface area contributed by atoms with Gasteiger partial charge in [-0.25, -0.2) is 0 Å². The molecule has 2 aromatic carbocycles. The number of carbonyl (C=O) groups excluding carboxylic acids is 1. The van der Waals surface area contributed by atoms with Gasteiger partial charge in [-0.3, -0.25) is 9.69 Å². The van der Waals surface area contributed by atoms with Crippen molar-refractivity contribution in [2.45, 2.75) is 12.5 Å².